The largest absolute Gasteiger partial charge is 0.396 e. The molecule has 0 aromatic heterocycles. The molecule has 0 spiro atoms. The fourth-order valence-electron chi connectivity index (χ4n) is 3.39. The maximum Gasteiger partial charge on any atom is 0.0499 e. The summed E-state index contributed by atoms with van der Waals surface area (Å²) in [6.07, 6.45) is 8.97. The van der Waals surface area contributed by atoms with Crippen molar-refractivity contribution in [3.63, 3.8) is 0 Å². The molecule has 1 aliphatic carbocycles. The van der Waals surface area contributed by atoms with Gasteiger partial charge in [0.1, 0.15) is 0 Å². The van der Waals surface area contributed by atoms with Crippen LogP contribution in [-0.2, 0) is 0 Å². The Labute approximate surface area is 106 Å². The molecule has 1 unspecified atom stereocenters. The third-order valence-electron chi connectivity index (χ3n) is 4.64. The summed E-state index contributed by atoms with van der Waals surface area (Å²) in [5, 5.41) is 13.4. The first-order chi connectivity index (χ1) is 8.24. The van der Waals surface area contributed by atoms with E-state index in [4.69, 9.17) is 0 Å². The van der Waals surface area contributed by atoms with Gasteiger partial charge in [-0.15, -0.1) is 0 Å². The lowest BCUT2D eigenvalue weighted by atomic mass is 9.74. The van der Waals surface area contributed by atoms with Crippen molar-refractivity contribution in [3.8, 4) is 0 Å². The molecule has 17 heavy (non-hydrogen) atoms. The number of rotatable bonds is 4. The molecule has 2 N–H and O–H groups in total. The third-order valence-corrected chi connectivity index (χ3v) is 4.64. The van der Waals surface area contributed by atoms with Gasteiger partial charge in [0.25, 0.3) is 0 Å². The summed E-state index contributed by atoms with van der Waals surface area (Å²) in [6.45, 7) is 3.79. The van der Waals surface area contributed by atoms with Gasteiger partial charge in [0.15, 0.2) is 0 Å². The van der Waals surface area contributed by atoms with Crippen LogP contribution in [0.15, 0.2) is 0 Å². The molecule has 0 amide bonds. The van der Waals surface area contributed by atoms with E-state index in [1.165, 1.54) is 58.0 Å². The number of aliphatic hydroxyl groups excluding tert-OH is 1. The van der Waals surface area contributed by atoms with E-state index in [1.807, 2.05) is 0 Å². The lowest BCUT2D eigenvalue weighted by Crippen LogP contribution is -2.49. The quantitative estimate of drug-likeness (QED) is 0.784. The van der Waals surface area contributed by atoms with Crippen LogP contribution in [0.1, 0.15) is 44.9 Å². The first-order valence-electron chi connectivity index (χ1n) is 7.27. The van der Waals surface area contributed by atoms with Crippen LogP contribution in [0.5, 0.6) is 0 Å². The molecular weight excluding hydrogens is 212 g/mol. The number of hydrogen-bond acceptors (Lipinski definition) is 3. The predicted molar refractivity (Wildman–Crippen MR) is 71.1 cm³/mol. The number of hydrogen-bond donors (Lipinski definition) is 2. The summed E-state index contributed by atoms with van der Waals surface area (Å²) in [5.41, 5.74) is 0.189. The third kappa shape index (κ3) is 3.67. The van der Waals surface area contributed by atoms with E-state index in [0.717, 1.165) is 6.54 Å². The number of aliphatic hydroxyl groups is 1. The molecule has 0 aromatic rings. The van der Waals surface area contributed by atoms with Crippen molar-refractivity contribution in [2.45, 2.75) is 51.0 Å². The molecule has 1 heterocycles. The highest BCUT2D eigenvalue weighted by molar-refractivity contribution is 4.87. The SMILES string of the molecule is CN1CCCC(NCC2(CO)CCCCC2)C1. The van der Waals surface area contributed by atoms with Crippen molar-refractivity contribution >= 4 is 0 Å². The molecule has 3 nitrogen and oxygen atoms in total. The van der Waals surface area contributed by atoms with Gasteiger partial charge in [0.05, 0.1) is 0 Å². The highest BCUT2D eigenvalue weighted by Gasteiger charge is 2.32. The molecule has 1 saturated heterocycles. The van der Waals surface area contributed by atoms with E-state index in [2.05, 4.69) is 17.3 Å². The number of likely N-dealkylation sites (N-methyl/N-ethyl adjacent to an activating group) is 1. The van der Waals surface area contributed by atoms with E-state index >= 15 is 0 Å². The van der Waals surface area contributed by atoms with Gasteiger partial charge < -0.3 is 15.3 Å². The molecule has 2 rings (SSSR count). The predicted octanol–water partition coefficient (Wildman–Crippen LogP) is 1.61. The summed E-state index contributed by atoms with van der Waals surface area (Å²) in [4.78, 5) is 2.41. The Morgan fingerprint density at radius 3 is 2.65 bits per heavy atom. The Hall–Kier alpha value is -0.120. The average Bonchev–Trinajstić information content (AvgIpc) is 2.38. The Morgan fingerprint density at radius 2 is 2.00 bits per heavy atom. The minimum Gasteiger partial charge on any atom is -0.396 e. The molecular formula is C14H28N2O. The fraction of sp³-hybridized carbons (Fsp3) is 1.00. The van der Waals surface area contributed by atoms with Crippen LogP contribution in [0.2, 0.25) is 0 Å². The van der Waals surface area contributed by atoms with Gasteiger partial charge >= 0.3 is 0 Å². The van der Waals surface area contributed by atoms with Crippen molar-refractivity contribution in [1.29, 1.82) is 0 Å². The maximum atomic E-state index is 9.67. The van der Waals surface area contributed by atoms with Gasteiger partial charge in [-0.25, -0.2) is 0 Å². The zero-order chi connectivity index (χ0) is 12.1. The van der Waals surface area contributed by atoms with Crippen molar-refractivity contribution in [1.82, 2.24) is 10.2 Å². The van der Waals surface area contributed by atoms with Gasteiger partial charge in [-0.3, -0.25) is 0 Å². The Bertz CT molecular complexity index is 226. The van der Waals surface area contributed by atoms with Crippen molar-refractivity contribution in [3.05, 3.63) is 0 Å². The molecule has 0 aromatic carbocycles. The minimum absolute atomic E-state index is 0.189. The molecule has 3 heteroatoms. The van der Waals surface area contributed by atoms with Crippen molar-refractivity contribution < 1.29 is 5.11 Å². The number of piperidine rings is 1. The molecule has 2 fully saturated rings. The van der Waals surface area contributed by atoms with Crippen LogP contribution < -0.4 is 5.32 Å². The summed E-state index contributed by atoms with van der Waals surface area (Å²) in [5.74, 6) is 0. The first-order valence-corrected chi connectivity index (χ1v) is 7.27. The van der Waals surface area contributed by atoms with Crippen LogP contribution in [0.3, 0.4) is 0 Å². The minimum atomic E-state index is 0.189. The van der Waals surface area contributed by atoms with E-state index < -0.39 is 0 Å². The zero-order valence-corrected chi connectivity index (χ0v) is 11.2. The van der Waals surface area contributed by atoms with Crippen molar-refractivity contribution in [2.75, 3.05) is 33.3 Å². The lowest BCUT2D eigenvalue weighted by molar-refractivity contribution is 0.0741. The molecule has 1 saturated carbocycles. The standard InChI is InChI=1S/C14H28N2O/c1-16-9-5-6-13(10-16)15-11-14(12-17)7-3-2-4-8-14/h13,15,17H,2-12H2,1H3. The van der Waals surface area contributed by atoms with Crippen LogP contribution in [0.4, 0.5) is 0 Å². The highest BCUT2D eigenvalue weighted by atomic mass is 16.3. The van der Waals surface area contributed by atoms with E-state index in [1.54, 1.807) is 0 Å². The highest BCUT2D eigenvalue weighted by Crippen LogP contribution is 2.35. The van der Waals surface area contributed by atoms with Crippen molar-refractivity contribution in [2.24, 2.45) is 5.41 Å². The smallest absolute Gasteiger partial charge is 0.0499 e. The average molecular weight is 240 g/mol. The summed E-state index contributed by atoms with van der Waals surface area (Å²) in [6, 6.07) is 0.638. The normalized spacial score (nSPS) is 30.4. The molecule has 1 aliphatic heterocycles. The Kier molecular flexibility index (Phi) is 4.83. The molecule has 0 bridgehead atoms. The van der Waals surface area contributed by atoms with Crippen LogP contribution in [-0.4, -0.2) is 49.3 Å². The number of nitrogens with one attached hydrogen (secondary N) is 1. The Morgan fingerprint density at radius 1 is 1.24 bits per heavy atom. The first kappa shape index (κ1) is 13.3. The topological polar surface area (TPSA) is 35.5 Å². The monoisotopic (exact) mass is 240 g/mol. The summed E-state index contributed by atoms with van der Waals surface area (Å²) in [7, 11) is 2.20. The van der Waals surface area contributed by atoms with E-state index in [0.29, 0.717) is 12.6 Å². The number of likely N-dealkylation sites (tertiary alicyclic amines) is 1. The second-order valence-corrected chi connectivity index (χ2v) is 6.20. The van der Waals surface area contributed by atoms with Gasteiger partial charge in [-0.1, -0.05) is 19.3 Å². The molecule has 2 aliphatic rings. The van der Waals surface area contributed by atoms with Gasteiger partial charge in [0, 0.05) is 31.2 Å². The summed E-state index contributed by atoms with van der Waals surface area (Å²) >= 11 is 0. The fourth-order valence-corrected chi connectivity index (χ4v) is 3.39. The van der Waals surface area contributed by atoms with Gasteiger partial charge in [-0.05, 0) is 39.3 Å². The van der Waals surface area contributed by atoms with Crippen LogP contribution >= 0.6 is 0 Å². The molecule has 100 valence electrons. The lowest BCUT2D eigenvalue weighted by Gasteiger charge is -2.38. The van der Waals surface area contributed by atoms with Gasteiger partial charge in [0.2, 0.25) is 0 Å². The second kappa shape index (κ2) is 6.17. The summed E-state index contributed by atoms with van der Waals surface area (Å²) < 4.78 is 0. The maximum absolute atomic E-state index is 9.67. The van der Waals surface area contributed by atoms with Crippen LogP contribution in [0.25, 0.3) is 0 Å². The van der Waals surface area contributed by atoms with Gasteiger partial charge in [-0.2, -0.15) is 0 Å². The van der Waals surface area contributed by atoms with E-state index in [9.17, 15) is 5.11 Å². The van der Waals surface area contributed by atoms with E-state index in [-0.39, 0.29) is 5.41 Å². The van der Waals surface area contributed by atoms with Crippen LogP contribution in [0, 0.1) is 5.41 Å². The molecule has 1 atom stereocenters. The Balaban J connectivity index is 1.78. The number of nitrogens with zero attached hydrogens (tertiary/aromatic N) is 1. The zero-order valence-electron chi connectivity index (χ0n) is 11.2. The second-order valence-electron chi connectivity index (χ2n) is 6.20. The molecule has 0 radical (unpaired) electrons.